The number of nitrogens with one attached hydrogen (secondary N) is 1. The van der Waals surface area contributed by atoms with Crippen LogP contribution in [0.1, 0.15) is 17.2 Å². The predicted molar refractivity (Wildman–Crippen MR) is 68.6 cm³/mol. The van der Waals surface area contributed by atoms with E-state index in [1.165, 1.54) is 0 Å². The highest BCUT2D eigenvalue weighted by Crippen LogP contribution is 2.21. The van der Waals surface area contributed by atoms with Gasteiger partial charge in [0.2, 0.25) is 0 Å². The molecule has 2 aromatic heterocycles. The fourth-order valence-corrected chi connectivity index (χ4v) is 1.93. The second kappa shape index (κ2) is 7.20. The molecule has 2 rings (SSSR count). The first-order valence-corrected chi connectivity index (χ1v) is 6.73. The standard InChI is InChI=1S/C12H13F2N3OS/c13-12(14)19-8-11-4-3-10(18-11)7-15-6-9-2-1-5-16-17-9/h1-5,12,15H,6-8H2. The van der Waals surface area contributed by atoms with E-state index in [2.05, 4.69) is 15.5 Å². The van der Waals surface area contributed by atoms with E-state index in [1.807, 2.05) is 12.1 Å². The minimum Gasteiger partial charge on any atom is -0.464 e. The van der Waals surface area contributed by atoms with Crippen molar-refractivity contribution in [3.05, 3.63) is 47.7 Å². The molecule has 0 saturated heterocycles. The molecule has 0 radical (unpaired) electrons. The van der Waals surface area contributed by atoms with Gasteiger partial charge in [0.15, 0.2) is 0 Å². The second-order valence-electron chi connectivity index (χ2n) is 3.76. The molecule has 0 spiro atoms. The summed E-state index contributed by atoms with van der Waals surface area (Å²) < 4.78 is 29.4. The van der Waals surface area contributed by atoms with Gasteiger partial charge < -0.3 is 9.73 Å². The van der Waals surface area contributed by atoms with Gasteiger partial charge in [-0.3, -0.25) is 0 Å². The Morgan fingerprint density at radius 3 is 2.79 bits per heavy atom. The van der Waals surface area contributed by atoms with Crippen LogP contribution in [0.25, 0.3) is 0 Å². The molecule has 2 aromatic rings. The number of hydrogen-bond donors (Lipinski definition) is 1. The number of rotatable bonds is 7. The fraction of sp³-hybridized carbons (Fsp3) is 0.333. The topological polar surface area (TPSA) is 51.0 Å². The lowest BCUT2D eigenvalue weighted by molar-refractivity contribution is 0.251. The third-order valence-electron chi connectivity index (χ3n) is 2.30. The first-order valence-electron chi connectivity index (χ1n) is 5.68. The number of furan rings is 1. The van der Waals surface area contributed by atoms with E-state index < -0.39 is 5.76 Å². The van der Waals surface area contributed by atoms with Gasteiger partial charge in [0.25, 0.3) is 5.76 Å². The summed E-state index contributed by atoms with van der Waals surface area (Å²) in [4.78, 5) is 0. The van der Waals surface area contributed by atoms with E-state index in [9.17, 15) is 8.78 Å². The van der Waals surface area contributed by atoms with E-state index >= 15 is 0 Å². The van der Waals surface area contributed by atoms with Crippen molar-refractivity contribution in [1.29, 1.82) is 0 Å². The number of thioether (sulfide) groups is 1. The largest absolute Gasteiger partial charge is 0.464 e. The number of aromatic nitrogens is 2. The van der Waals surface area contributed by atoms with Crippen molar-refractivity contribution in [2.45, 2.75) is 24.6 Å². The summed E-state index contributed by atoms with van der Waals surface area (Å²) in [5, 5.41) is 10.8. The molecule has 0 aromatic carbocycles. The average Bonchev–Trinajstić information content (AvgIpc) is 2.86. The van der Waals surface area contributed by atoms with Crippen molar-refractivity contribution < 1.29 is 13.2 Å². The molecule has 0 aliphatic rings. The van der Waals surface area contributed by atoms with Crippen LogP contribution in [0, 0.1) is 0 Å². The summed E-state index contributed by atoms with van der Waals surface area (Å²) in [5.41, 5.74) is 0.836. The van der Waals surface area contributed by atoms with Crippen LogP contribution in [0.15, 0.2) is 34.9 Å². The Labute approximate surface area is 113 Å². The van der Waals surface area contributed by atoms with Gasteiger partial charge in [-0.1, -0.05) is 11.8 Å². The molecule has 0 aliphatic carbocycles. The lowest BCUT2D eigenvalue weighted by Crippen LogP contribution is -2.13. The summed E-state index contributed by atoms with van der Waals surface area (Å²) in [5.74, 6) is -0.916. The minimum atomic E-state index is -2.37. The van der Waals surface area contributed by atoms with Gasteiger partial charge in [-0.05, 0) is 24.3 Å². The molecule has 0 unspecified atom stereocenters. The number of hydrogen-bond acceptors (Lipinski definition) is 5. The number of alkyl halides is 2. The van der Waals surface area contributed by atoms with Crippen LogP contribution in [0.5, 0.6) is 0 Å². The van der Waals surface area contributed by atoms with Gasteiger partial charge in [-0.2, -0.15) is 19.0 Å². The minimum absolute atomic E-state index is 0.182. The summed E-state index contributed by atoms with van der Waals surface area (Å²) in [7, 11) is 0. The second-order valence-corrected chi connectivity index (χ2v) is 4.74. The van der Waals surface area contributed by atoms with Crippen molar-refractivity contribution >= 4 is 11.8 Å². The zero-order valence-corrected chi connectivity index (χ0v) is 10.9. The summed E-state index contributed by atoms with van der Waals surface area (Å²) in [6, 6.07) is 7.18. The van der Waals surface area contributed by atoms with Crippen molar-refractivity contribution in [2.75, 3.05) is 0 Å². The maximum absolute atomic E-state index is 12.0. The SMILES string of the molecule is FC(F)SCc1ccc(CNCc2cccnn2)o1. The Kier molecular flexibility index (Phi) is 5.29. The predicted octanol–water partition coefficient (Wildman–Crippen LogP) is 2.82. The van der Waals surface area contributed by atoms with Crippen molar-refractivity contribution in [3.63, 3.8) is 0 Å². The van der Waals surface area contributed by atoms with Crippen LogP contribution < -0.4 is 5.32 Å². The Morgan fingerprint density at radius 2 is 2.05 bits per heavy atom. The molecule has 0 saturated carbocycles. The van der Waals surface area contributed by atoms with Gasteiger partial charge >= 0.3 is 0 Å². The van der Waals surface area contributed by atoms with Gasteiger partial charge in [0, 0.05) is 12.7 Å². The summed E-state index contributed by atoms with van der Waals surface area (Å²) >= 11 is 0.553. The van der Waals surface area contributed by atoms with Crippen LogP contribution >= 0.6 is 11.8 Å². The summed E-state index contributed by atoms with van der Waals surface area (Å²) in [6.07, 6.45) is 1.61. The van der Waals surface area contributed by atoms with E-state index in [0.717, 1.165) is 5.69 Å². The lowest BCUT2D eigenvalue weighted by Gasteiger charge is -2.01. The van der Waals surface area contributed by atoms with Gasteiger partial charge in [-0.15, -0.1) is 0 Å². The fourth-order valence-electron chi connectivity index (χ4n) is 1.48. The lowest BCUT2D eigenvalue weighted by atomic mass is 10.3. The highest BCUT2D eigenvalue weighted by molar-refractivity contribution is 7.98. The normalized spacial score (nSPS) is 11.1. The van der Waals surface area contributed by atoms with E-state index in [0.29, 0.717) is 36.4 Å². The van der Waals surface area contributed by atoms with Gasteiger partial charge in [0.1, 0.15) is 11.5 Å². The maximum atomic E-state index is 12.0. The molecular weight excluding hydrogens is 272 g/mol. The van der Waals surface area contributed by atoms with Crippen LogP contribution in [-0.2, 0) is 18.8 Å². The number of halogens is 2. The molecular formula is C12H13F2N3OS. The van der Waals surface area contributed by atoms with E-state index in [1.54, 1.807) is 18.3 Å². The molecule has 1 N–H and O–H groups in total. The van der Waals surface area contributed by atoms with Crippen LogP contribution in [-0.4, -0.2) is 16.0 Å². The molecule has 19 heavy (non-hydrogen) atoms. The molecule has 0 amide bonds. The first-order chi connectivity index (χ1) is 9.24. The van der Waals surface area contributed by atoms with Crippen molar-refractivity contribution in [2.24, 2.45) is 0 Å². The Hall–Kier alpha value is -1.47. The molecule has 2 heterocycles. The molecule has 4 nitrogen and oxygen atoms in total. The molecule has 102 valence electrons. The Bertz CT molecular complexity index is 493. The van der Waals surface area contributed by atoms with Gasteiger partial charge in [-0.25, -0.2) is 0 Å². The van der Waals surface area contributed by atoms with Crippen molar-refractivity contribution in [1.82, 2.24) is 15.5 Å². The monoisotopic (exact) mass is 285 g/mol. The van der Waals surface area contributed by atoms with Crippen molar-refractivity contribution in [3.8, 4) is 0 Å². The molecule has 0 atom stereocenters. The van der Waals surface area contributed by atoms with Crippen LogP contribution in [0.2, 0.25) is 0 Å². The van der Waals surface area contributed by atoms with Gasteiger partial charge in [0.05, 0.1) is 18.0 Å². The van der Waals surface area contributed by atoms with E-state index in [4.69, 9.17) is 4.42 Å². The number of nitrogens with zero attached hydrogens (tertiary/aromatic N) is 2. The third kappa shape index (κ3) is 4.96. The zero-order valence-electron chi connectivity index (χ0n) is 10.1. The summed E-state index contributed by atoms with van der Waals surface area (Å²) in [6.45, 7) is 1.10. The average molecular weight is 285 g/mol. The van der Waals surface area contributed by atoms with E-state index in [-0.39, 0.29) is 5.75 Å². The Morgan fingerprint density at radius 1 is 1.21 bits per heavy atom. The first kappa shape index (κ1) is 14.0. The van der Waals surface area contributed by atoms with Crippen LogP contribution in [0.4, 0.5) is 8.78 Å². The molecule has 0 bridgehead atoms. The molecule has 0 aliphatic heterocycles. The smallest absolute Gasteiger partial charge is 0.284 e. The Balaban J connectivity index is 1.74. The van der Waals surface area contributed by atoms with Crippen LogP contribution in [0.3, 0.4) is 0 Å². The zero-order chi connectivity index (χ0) is 13.5. The third-order valence-corrected chi connectivity index (χ3v) is 3.00. The highest BCUT2D eigenvalue weighted by atomic mass is 32.2. The molecule has 7 heteroatoms. The molecule has 0 fully saturated rings. The highest BCUT2D eigenvalue weighted by Gasteiger charge is 2.07. The quantitative estimate of drug-likeness (QED) is 0.847. The maximum Gasteiger partial charge on any atom is 0.284 e.